The highest BCUT2D eigenvalue weighted by molar-refractivity contribution is 7.89. The molecule has 0 radical (unpaired) electrons. The third-order valence-electron chi connectivity index (χ3n) is 11.0. The van der Waals surface area contributed by atoms with Gasteiger partial charge in [0.05, 0.1) is 16.9 Å². The molecule has 0 aromatic heterocycles. The number of aliphatic imine (C=N–C) groups is 1. The van der Waals surface area contributed by atoms with Crippen molar-refractivity contribution in [2.75, 3.05) is 31.2 Å². The van der Waals surface area contributed by atoms with E-state index in [2.05, 4.69) is 20.9 Å². The number of nitrogens with two attached hydrogens (primary N) is 3. The number of anilines is 2. The van der Waals surface area contributed by atoms with Crippen LogP contribution in [-0.4, -0.2) is 116 Å². The molecule has 2 saturated heterocycles. The van der Waals surface area contributed by atoms with Crippen LogP contribution < -0.4 is 33.2 Å². The maximum Gasteiger partial charge on any atom is 0.328 e. The van der Waals surface area contributed by atoms with Crippen LogP contribution in [0.1, 0.15) is 49.7 Å². The number of methoxy groups -OCH3 is 1. The average Bonchev–Trinajstić information content (AvgIpc) is 4.05. The minimum Gasteiger partial charge on any atom is -0.480 e. The first-order valence-electron chi connectivity index (χ1n) is 21.7. The lowest BCUT2D eigenvalue weighted by atomic mass is 10.0. The highest BCUT2D eigenvalue weighted by atomic mass is 32.2. The Morgan fingerprint density at radius 3 is 1.58 bits per heavy atom. The molecule has 0 aliphatic carbocycles. The number of sulfonamides is 2. The van der Waals surface area contributed by atoms with Crippen LogP contribution in [-0.2, 0) is 66.4 Å². The second kappa shape index (κ2) is 24.2. The van der Waals surface area contributed by atoms with Crippen molar-refractivity contribution in [3.8, 4) is 0 Å². The molecule has 0 unspecified atom stereocenters. The SMILES string of the molecule is COC(=O)[C@H](Cc1ccc(N)cc1)NC(=O)[C@@H]1CCCN1S(=O)(=O)c1ccccc1.NC(N)=NC(=O)CCC(=O)Nc1ccc(C[C@H](NC(=O)[C@@H]2CCCN2S(=O)(=O)c2ccccc2)C(=O)O)cc1. The average molecular weight is 990 g/mol. The molecular weight excluding hydrogens is 935 g/mol. The molecule has 2 aliphatic heterocycles. The van der Waals surface area contributed by atoms with Crippen molar-refractivity contribution < 1.29 is 55.4 Å². The number of benzene rings is 4. The number of amides is 4. The molecule has 23 heteroatoms. The van der Waals surface area contributed by atoms with Crippen LogP contribution in [0.15, 0.2) is 124 Å². The maximum atomic E-state index is 13.1. The van der Waals surface area contributed by atoms with Gasteiger partial charge in [0.2, 0.25) is 43.7 Å². The zero-order valence-electron chi connectivity index (χ0n) is 37.6. The molecule has 4 amide bonds. The number of nitrogens with zero attached hydrogens (tertiary/aromatic N) is 3. The normalized spacial score (nSPS) is 16.9. The highest BCUT2D eigenvalue weighted by Gasteiger charge is 2.42. The molecule has 0 spiro atoms. The van der Waals surface area contributed by atoms with Crippen LogP contribution >= 0.6 is 0 Å². The first kappa shape index (κ1) is 52.8. The fourth-order valence-electron chi connectivity index (χ4n) is 7.60. The van der Waals surface area contributed by atoms with Crippen LogP contribution in [0, 0.1) is 0 Å². The quantitative estimate of drug-likeness (QED) is 0.0322. The van der Waals surface area contributed by atoms with Crippen LogP contribution in [0.4, 0.5) is 11.4 Å². The minimum absolute atomic E-state index is 0.0621. The molecule has 2 fully saturated rings. The minimum atomic E-state index is -3.92. The second-order valence-electron chi connectivity index (χ2n) is 16.0. The van der Waals surface area contributed by atoms with Gasteiger partial charge in [-0.3, -0.25) is 19.2 Å². The molecule has 0 bridgehead atoms. The van der Waals surface area contributed by atoms with Crippen molar-refractivity contribution >= 4 is 72.9 Å². The van der Waals surface area contributed by atoms with E-state index in [4.69, 9.17) is 21.9 Å². The van der Waals surface area contributed by atoms with E-state index in [-0.39, 0.29) is 60.9 Å². The van der Waals surface area contributed by atoms with Gasteiger partial charge in [0, 0.05) is 50.1 Å². The Morgan fingerprint density at radius 1 is 0.681 bits per heavy atom. The number of ether oxygens (including phenoxy) is 1. The summed E-state index contributed by atoms with van der Waals surface area (Å²) in [6, 6.07) is 24.8. The molecule has 4 aromatic carbocycles. The summed E-state index contributed by atoms with van der Waals surface area (Å²) in [5.74, 6) is -4.52. The summed E-state index contributed by atoms with van der Waals surface area (Å²) in [6.45, 7) is 0.402. The van der Waals surface area contributed by atoms with Gasteiger partial charge in [-0.05, 0) is 85.3 Å². The summed E-state index contributed by atoms with van der Waals surface area (Å²) in [5.41, 5.74) is 18.3. The van der Waals surface area contributed by atoms with Gasteiger partial charge >= 0.3 is 11.9 Å². The molecule has 2 heterocycles. The van der Waals surface area contributed by atoms with Gasteiger partial charge in [-0.25, -0.2) is 26.4 Å². The summed E-state index contributed by atoms with van der Waals surface area (Å²) < 4.78 is 59.2. The Kier molecular flexibility index (Phi) is 18.5. The maximum absolute atomic E-state index is 13.1. The molecule has 21 nitrogen and oxygen atoms in total. The van der Waals surface area contributed by atoms with E-state index >= 15 is 0 Å². The fraction of sp³-hybridized carbons (Fsp3) is 0.326. The van der Waals surface area contributed by atoms with E-state index in [0.29, 0.717) is 36.2 Å². The zero-order chi connectivity index (χ0) is 50.3. The van der Waals surface area contributed by atoms with Gasteiger partial charge in [-0.2, -0.15) is 13.6 Å². The number of aliphatic carboxylic acids is 1. The Bertz CT molecular complexity index is 2710. The summed E-state index contributed by atoms with van der Waals surface area (Å²) >= 11 is 0. The van der Waals surface area contributed by atoms with E-state index in [1.807, 2.05) is 0 Å². The predicted octanol–water partition coefficient (Wildman–Crippen LogP) is 1.49. The largest absolute Gasteiger partial charge is 0.480 e. The first-order valence-corrected chi connectivity index (χ1v) is 24.6. The zero-order valence-corrected chi connectivity index (χ0v) is 39.2. The molecule has 4 atom stereocenters. The number of carboxylic acids is 1. The Labute approximate surface area is 399 Å². The van der Waals surface area contributed by atoms with Crippen molar-refractivity contribution in [2.24, 2.45) is 16.5 Å². The van der Waals surface area contributed by atoms with E-state index in [1.54, 1.807) is 84.9 Å². The lowest BCUT2D eigenvalue weighted by Gasteiger charge is -2.25. The monoisotopic (exact) mass is 989 g/mol. The molecule has 10 N–H and O–H groups in total. The second-order valence-corrected chi connectivity index (χ2v) is 19.8. The van der Waals surface area contributed by atoms with Gasteiger partial charge in [-0.15, -0.1) is 0 Å². The summed E-state index contributed by atoms with van der Waals surface area (Å²) in [4.78, 5) is 77.2. The number of hydrogen-bond acceptors (Lipinski definition) is 12. The molecule has 2 aliphatic rings. The number of guanidine groups is 1. The third-order valence-corrected chi connectivity index (χ3v) is 14.9. The van der Waals surface area contributed by atoms with Gasteiger partial charge < -0.3 is 43.0 Å². The van der Waals surface area contributed by atoms with Crippen molar-refractivity contribution in [1.82, 2.24) is 19.2 Å². The van der Waals surface area contributed by atoms with Gasteiger partial charge in [0.25, 0.3) is 0 Å². The van der Waals surface area contributed by atoms with E-state index in [1.165, 1.54) is 35.7 Å². The van der Waals surface area contributed by atoms with Crippen LogP contribution in [0.25, 0.3) is 0 Å². The Morgan fingerprint density at radius 2 is 1.13 bits per heavy atom. The van der Waals surface area contributed by atoms with Gasteiger partial charge in [0.1, 0.15) is 24.2 Å². The number of carbonyl (C=O) groups excluding carboxylic acids is 5. The number of carboxylic acid groups (broad SMARTS) is 1. The van der Waals surface area contributed by atoms with Crippen LogP contribution in [0.5, 0.6) is 0 Å². The number of rotatable bonds is 18. The number of nitrogens with one attached hydrogen (secondary N) is 3. The number of hydrogen-bond donors (Lipinski definition) is 7. The predicted molar refractivity (Wildman–Crippen MR) is 254 cm³/mol. The number of nitrogen functional groups attached to an aromatic ring is 1. The lowest BCUT2D eigenvalue weighted by molar-refractivity contribution is -0.145. The van der Waals surface area contributed by atoms with Gasteiger partial charge in [-0.1, -0.05) is 60.7 Å². The topological polar surface area (TPSA) is 333 Å². The first-order chi connectivity index (χ1) is 32.8. The van der Waals surface area contributed by atoms with Crippen LogP contribution in [0.3, 0.4) is 0 Å². The summed E-state index contributed by atoms with van der Waals surface area (Å²) in [5, 5.41) is 17.5. The van der Waals surface area contributed by atoms with Gasteiger partial charge in [0.15, 0.2) is 5.96 Å². The van der Waals surface area contributed by atoms with Crippen molar-refractivity contribution in [2.45, 2.75) is 85.3 Å². The molecule has 4 aromatic rings. The summed E-state index contributed by atoms with van der Waals surface area (Å²) in [7, 11) is -6.50. The van der Waals surface area contributed by atoms with E-state index in [0.717, 1.165) is 9.87 Å². The van der Waals surface area contributed by atoms with Crippen LogP contribution in [0.2, 0.25) is 0 Å². The van der Waals surface area contributed by atoms with Crippen molar-refractivity contribution in [3.05, 3.63) is 120 Å². The fourth-order valence-corrected chi connectivity index (χ4v) is 11.0. The third kappa shape index (κ3) is 14.6. The number of esters is 1. The highest BCUT2D eigenvalue weighted by Crippen LogP contribution is 2.28. The van der Waals surface area contributed by atoms with E-state index in [9.17, 15) is 50.7 Å². The molecule has 69 heavy (non-hydrogen) atoms. The van der Waals surface area contributed by atoms with Crippen molar-refractivity contribution in [3.63, 3.8) is 0 Å². The Hall–Kier alpha value is -7.21. The Balaban J connectivity index is 0.000000266. The summed E-state index contributed by atoms with van der Waals surface area (Å²) in [6.07, 6.45) is 1.51. The lowest BCUT2D eigenvalue weighted by Crippen LogP contribution is -2.51. The molecule has 6 rings (SSSR count). The molecule has 0 saturated carbocycles. The molecule has 368 valence electrons. The van der Waals surface area contributed by atoms with Crippen molar-refractivity contribution in [1.29, 1.82) is 0 Å². The smallest absolute Gasteiger partial charge is 0.328 e. The number of carbonyl (C=O) groups is 6. The molecular formula is C46H55N9O12S2. The standard InChI is InChI=1S/C25H30N6O7S.C21H25N3O5S/c26-25(27)30-22(33)13-12-21(32)28-17-10-8-16(9-11-17)15-19(24(35)36)29-23(34)20-7-4-14-31(20)39(37,38)18-5-2-1-3-6-18;1-29-21(26)18(14-15-9-11-16(22)12-10-15)23-20(25)19-8-5-13-24(19)30(27,28)17-6-3-2-4-7-17/h1-3,5-6,8-11,19-20H,4,7,12-15H2,(H,28,32)(H,29,34)(H,35,36)(H4,26,27,30,33);2-4,6-7,9-12,18-19H,5,8,13-14,22H2,1H3,(H,23,25)/t19-,20-;18-,19-/m00/s1. The van der Waals surface area contributed by atoms with E-state index < -0.39 is 79.8 Å².